The molecule has 9 nitrogen and oxygen atoms in total. The number of fused-ring (bicyclic) bond motifs is 2. The summed E-state index contributed by atoms with van der Waals surface area (Å²) >= 11 is 0. The Morgan fingerprint density at radius 2 is 1.55 bits per heavy atom. The fourth-order valence-electron chi connectivity index (χ4n) is 4.05. The highest BCUT2D eigenvalue weighted by atomic mass is 16.5. The minimum Gasteiger partial charge on any atom is -0.493 e. The molecule has 172 valence electrons. The van der Waals surface area contributed by atoms with Crippen molar-refractivity contribution in [1.29, 1.82) is 0 Å². The number of ether oxygens (including phenoxy) is 3. The number of imide groups is 1. The molecule has 2 aromatic carbocycles. The summed E-state index contributed by atoms with van der Waals surface area (Å²) in [4.78, 5) is 52.1. The van der Waals surface area contributed by atoms with Crippen LogP contribution in [0.5, 0.6) is 11.5 Å². The van der Waals surface area contributed by atoms with Gasteiger partial charge in [-0.25, -0.2) is 0 Å². The Hall–Kier alpha value is -3.88. The van der Waals surface area contributed by atoms with E-state index in [1.165, 1.54) is 0 Å². The molecule has 4 rings (SSSR count). The van der Waals surface area contributed by atoms with E-state index in [-0.39, 0.29) is 18.9 Å². The molecule has 9 heteroatoms. The summed E-state index contributed by atoms with van der Waals surface area (Å²) in [5, 5.41) is 0. The summed E-state index contributed by atoms with van der Waals surface area (Å²) in [5.74, 6) is -0.599. The molecule has 2 aliphatic heterocycles. The third kappa shape index (κ3) is 4.39. The van der Waals surface area contributed by atoms with Gasteiger partial charge in [0.05, 0.1) is 31.8 Å². The highest BCUT2D eigenvalue weighted by Gasteiger charge is 2.35. The van der Waals surface area contributed by atoms with Gasteiger partial charge >= 0.3 is 5.97 Å². The number of carbonyl (C=O) groups excluding carboxylic acids is 4. The summed E-state index contributed by atoms with van der Waals surface area (Å²) < 4.78 is 15.8. The van der Waals surface area contributed by atoms with Crippen LogP contribution in [-0.4, -0.2) is 67.4 Å². The Labute approximate surface area is 190 Å². The lowest BCUT2D eigenvalue weighted by Gasteiger charge is -2.29. The number of hydrogen-bond donors (Lipinski definition) is 0. The maximum Gasteiger partial charge on any atom is 0.308 e. The molecule has 2 aromatic rings. The number of methoxy groups -OCH3 is 2. The summed E-state index contributed by atoms with van der Waals surface area (Å²) in [7, 11) is 3.13. The Morgan fingerprint density at radius 1 is 0.939 bits per heavy atom. The van der Waals surface area contributed by atoms with Gasteiger partial charge in [0.1, 0.15) is 0 Å². The van der Waals surface area contributed by atoms with Crippen LogP contribution in [0.25, 0.3) is 0 Å². The van der Waals surface area contributed by atoms with E-state index >= 15 is 0 Å². The second-order valence-corrected chi connectivity index (χ2v) is 7.76. The van der Waals surface area contributed by atoms with Gasteiger partial charge in [-0.1, -0.05) is 12.1 Å². The number of hydrogen-bond acceptors (Lipinski definition) is 7. The lowest BCUT2D eigenvalue weighted by molar-refractivity contribution is -0.152. The lowest BCUT2D eigenvalue weighted by atomic mass is 9.99. The second kappa shape index (κ2) is 9.32. The molecule has 0 fully saturated rings. The third-order valence-electron chi connectivity index (χ3n) is 5.85. The maximum atomic E-state index is 12.6. The molecule has 0 radical (unpaired) electrons. The van der Waals surface area contributed by atoms with Gasteiger partial charge in [0.25, 0.3) is 17.7 Å². The van der Waals surface area contributed by atoms with Gasteiger partial charge in [0.15, 0.2) is 18.1 Å². The molecule has 0 saturated heterocycles. The van der Waals surface area contributed by atoms with Crippen LogP contribution < -0.4 is 9.47 Å². The minimum absolute atomic E-state index is 0.0991. The first-order chi connectivity index (χ1) is 15.9. The van der Waals surface area contributed by atoms with Gasteiger partial charge in [-0.15, -0.1) is 0 Å². The molecular weight excluding hydrogens is 428 g/mol. The van der Waals surface area contributed by atoms with E-state index in [0.717, 1.165) is 16.0 Å². The molecule has 0 bridgehead atoms. The summed E-state index contributed by atoms with van der Waals surface area (Å²) in [6.45, 7) is 0.372. The quantitative estimate of drug-likeness (QED) is 0.466. The Balaban J connectivity index is 1.28. The molecule has 0 unspecified atom stereocenters. The number of carbonyl (C=O) groups is 4. The van der Waals surface area contributed by atoms with E-state index in [2.05, 4.69) is 0 Å². The fraction of sp³-hybridized carbons (Fsp3) is 0.333. The van der Waals surface area contributed by atoms with Crippen molar-refractivity contribution >= 4 is 23.7 Å². The topological polar surface area (TPSA) is 102 Å². The van der Waals surface area contributed by atoms with Crippen LogP contribution in [0.1, 0.15) is 38.3 Å². The molecule has 0 aromatic heterocycles. The average molecular weight is 452 g/mol. The SMILES string of the molecule is COc1cc2c(cc1OC)CN(C(=O)COC(=O)CCN1C(=O)c3ccccc3C1=O)CC2. The Bertz CT molecular complexity index is 1090. The van der Waals surface area contributed by atoms with Crippen molar-refractivity contribution in [3.63, 3.8) is 0 Å². The van der Waals surface area contributed by atoms with Crippen molar-refractivity contribution in [3.05, 3.63) is 58.7 Å². The molecular formula is C24H24N2O7. The van der Waals surface area contributed by atoms with Crippen LogP contribution in [0.3, 0.4) is 0 Å². The van der Waals surface area contributed by atoms with E-state index in [0.29, 0.717) is 42.1 Å². The van der Waals surface area contributed by atoms with Gasteiger partial charge in [-0.2, -0.15) is 0 Å². The van der Waals surface area contributed by atoms with Crippen LogP contribution in [0, 0.1) is 0 Å². The first-order valence-electron chi connectivity index (χ1n) is 10.5. The monoisotopic (exact) mass is 452 g/mol. The molecule has 0 spiro atoms. The zero-order valence-corrected chi connectivity index (χ0v) is 18.5. The van der Waals surface area contributed by atoms with Gasteiger partial charge in [-0.3, -0.25) is 24.1 Å². The molecule has 0 saturated carbocycles. The standard InChI is InChI=1S/C24H24N2O7/c1-31-19-11-15-7-9-25(13-16(15)12-20(19)32-2)21(27)14-33-22(28)8-10-26-23(29)17-5-3-4-6-18(17)24(26)30/h3-6,11-12H,7-10,13-14H2,1-2H3. The highest BCUT2D eigenvalue weighted by molar-refractivity contribution is 6.21. The summed E-state index contributed by atoms with van der Waals surface area (Å²) in [6, 6.07) is 10.3. The van der Waals surface area contributed by atoms with E-state index in [4.69, 9.17) is 14.2 Å². The van der Waals surface area contributed by atoms with Crippen molar-refractivity contribution in [2.45, 2.75) is 19.4 Å². The van der Waals surface area contributed by atoms with E-state index < -0.39 is 24.4 Å². The predicted molar refractivity (Wildman–Crippen MR) is 116 cm³/mol. The molecule has 2 heterocycles. The van der Waals surface area contributed by atoms with Crippen molar-refractivity contribution < 1.29 is 33.4 Å². The maximum absolute atomic E-state index is 12.6. The number of benzene rings is 2. The molecule has 0 aliphatic carbocycles. The molecule has 33 heavy (non-hydrogen) atoms. The molecule has 0 N–H and O–H groups in total. The zero-order valence-electron chi connectivity index (χ0n) is 18.5. The zero-order chi connectivity index (χ0) is 23.5. The van der Waals surface area contributed by atoms with Gasteiger partial charge in [-0.05, 0) is 41.8 Å². The van der Waals surface area contributed by atoms with Gasteiger partial charge in [0, 0.05) is 19.6 Å². The lowest BCUT2D eigenvalue weighted by Crippen LogP contribution is -2.39. The number of rotatable bonds is 7. The van der Waals surface area contributed by atoms with Crippen molar-refractivity contribution in [1.82, 2.24) is 9.80 Å². The smallest absolute Gasteiger partial charge is 0.308 e. The van der Waals surface area contributed by atoms with Crippen LogP contribution in [0.15, 0.2) is 36.4 Å². The van der Waals surface area contributed by atoms with Crippen molar-refractivity contribution in [2.75, 3.05) is 33.9 Å². The first kappa shape index (κ1) is 22.3. The minimum atomic E-state index is -0.649. The van der Waals surface area contributed by atoms with E-state index in [9.17, 15) is 19.2 Å². The number of amides is 3. The first-order valence-corrected chi connectivity index (χ1v) is 10.5. The van der Waals surface area contributed by atoms with Gasteiger partial charge in [0.2, 0.25) is 0 Å². The summed E-state index contributed by atoms with van der Waals surface area (Å²) in [6.07, 6.45) is 0.466. The Kier molecular flexibility index (Phi) is 6.30. The molecule has 2 aliphatic rings. The van der Waals surface area contributed by atoms with Crippen molar-refractivity contribution in [3.8, 4) is 11.5 Å². The van der Waals surface area contributed by atoms with Gasteiger partial charge < -0.3 is 19.1 Å². The fourth-order valence-corrected chi connectivity index (χ4v) is 4.05. The normalized spacial score (nSPS) is 14.6. The largest absolute Gasteiger partial charge is 0.493 e. The third-order valence-corrected chi connectivity index (χ3v) is 5.85. The molecule has 3 amide bonds. The number of esters is 1. The Morgan fingerprint density at radius 3 is 2.15 bits per heavy atom. The average Bonchev–Trinajstić information content (AvgIpc) is 3.09. The van der Waals surface area contributed by atoms with Crippen molar-refractivity contribution in [2.24, 2.45) is 0 Å². The van der Waals surface area contributed by atoms with E-state index in [1.54, 1.807) is 43.4 Å². The van der Waals surface area contributed by atoms with Crippen LogP contribution in [0.2, 0.25) is 0 Å². The van der Waals surface area contributed by atoms with Crippen LogP contribution in [0.4, 0.5) is 0 Å². The van der Waals surface area contributed by atoms with Crippen LogP contribution >= 0.6 is 0 Å². The van der Waals surface area contributed by atoms with E-state index in [1.807, 2.05) is 12.1 Å². The molecule has 0 atom stereocenters. The highest BCUT2D eigenvalue weighted by Crippen LogP contribution is 2.33. The van der Waals surface area contributed by atoms with Crippen LogP contribution in [-0.2, 0) is 27.3 Å². The second-order valence-electron chi connectivity index (χ2n) is 7.76. The summed E-state index contributed by atoms with van der Waals surface area (Å²) in [5.41, 5.74) is 2.68. The number of nitrogens with zero attached hydrogens (tertiary/aromatic N) is 2. The predicted octanol–water partition coefficient (Wildman–Crippen LogP) is 1.82.